The topological polar surface area (TPSA) is 75.2 Å². The van der Waals surface area contributed by atoms with Crippen molar-refractivity contribution in [2.75, 3.05) is 53.6 Å². The Bertz CT molecular complexity index is 512. The second-order valence-corrected chi connectivity index (χ2v) is 8.46. The molecule has 1 aliphatic heterocycles. The van der Waals surface area contributed by atoms with Crippen LogP contribution in [0.2, 0.25) is 0 Å². The van der Waals surface area contributed by atoms with Crippen molar-refractivity contribution in [1.82, 2.24) is 15.5 Å². The Kier molecular flexibility index (Phi) is 10.3. The van der Waals surface area contributed by atoms with E-state index in [4.69, 9.17) is 9.47 Å². The quantitative estimate of drug-likeness (QED) is 0.215. The fourth-order valence-corrected chi connectivity index (χ4v) is 4.38. The van der Waals surface area contributed by atoms with E-state index >= 15 is 0 Å². The standard InChI is InChI=1S/C20H36N4O3.HI/c1-24(2)19(25)12-22-20(23-18-11-15-4-5-17(18)10-15)21-7-3-8-26-13-16-6-9-27-14-16;/h15-18H,3-14H2,1-2H3,(H2,21,22,23);1H. The Morgan fingerprint density at radius 2 is 2.11 bits per heavy atom. The Morgan fingerprint density at radius 3 is 2.75 bits per heavy atom. The zero-order chi connectivity index (χ0) is 19.1. The van der Waals surface area contributed by atoms with E-state index in [1.807, 2.05) is 0 Å². The summed E-state index contributed by atoms with van der Waals surface area (Å²) in [6.45, 7) is 4.21. The van der Waals surface area contributed by atoms with Gasteiger partial charge in [-0.3, -0.25) is 4.79 Å². The molecule has 2 bridgehead atoms. The summed E-state index contributed by atoms with van der Waals surface area (Å²) >= 11 is 0. The number of carbonyl (C=O) groups excluding carboxylic acids is 1. The Labute approximate surface area is 186 Å². The van der Waals surface area contributed by atoms with Gasteiger partial charge in [-0.25, -0.2) is 4.99 Å². The third kappa shape index (κ3) is 7.33. The highest BCUT2D eigenvalue weighted by atomic mass is 127. The van der Waals surface area contributed by atoms with Gasteiger partial charge in [0.25, 0.3) is 0 Å². The molecule has 4 unspecified atom stereocenters. The summed E-state index contributed by atoms with van der Waals surface area (Å²) < 4.78 is 11.1. The number of halogens is 1. The maximum atomic E-state index is 11.9. The molecule has 0 aromatic heterocycles. The van der Waals surface area contributed by atoms with Gasteiger partial charge in [0.2, 0.25) is 5.91 Å². The number of nitrogens with one attached hydrogen (secondary N) is 2. The van der Waals surface area contributed by atoms with Gasteiger partial charge in [0.1, 0.15) is 6.54 Å². The fourth-order valence-electron chi connectivity index (χ4n) is 4.38. The molecule has 3 rings (SSSR count). The van der Waals surface area contributed by atoms with E-state index in [0.29, 0.717) is 12.0 Å². The van der Waals surface area contributed by atoms with Crippen LogP contribution in [0.4, 0.5) is 0 Å². The third-order valence-electron chi connectivity index (χ3n) is 6.07. The lowest BCUT2D eigenvalue weighted by atomic mass is 9.95. The second-order valence-electron chi connectivity index (χ2n) is 8.46. The Balaban J connectivity index is 0.00000280. The molecule has 0 aromatic carbocycles. The summed E-state index contributed by atoms with van der Waals surface area (Å²) in [5.41, 5.74) is 0. The van der Waals surface area contributed by atoms with Crippen molar-refractivity contribution in [3.05, 3.63) is 0 Å². The highest BCUT2D eigenvalue weighted by Gasteiger charge is 2.39. The zero-order valence-electron chi connectivity index (χ0n) is 17.3. The van der Waals surface area contributed by atoms with E-state index in [0.717, 1.165) is 63.6 Å². The first-order valence-corrected chi connectivity index (χ1v) is 10.5. The van der Waals surface area contributed by atoms with Gasteiger partial charge in [0, 0.05) is 45.8 Å². The number of amides is 1. The summed E-state index contributed by atoms with van der Waals surface area (Å²) in [4.78, 5) is 18.0. The summed E-state index contributed by atoms with van der Waals surface area (Å²) in [6, 6.07) is 0.503. The molecule has 3 aliphatic rings. The smallest absolute Gasteiger partial charge is 0.243 e. The Hall–Kier alpha value is -0.610. The summed E-state index contributed by atoms with van der Waals surface area (Å²) in [5.74, 6) is 3.00. The monoisotopic (exact) mass is 508 g/mol. The van der Waals surface area contributed by atoms with Gasteiger partial charge in [-0.1, -0.05) is 6.42 Å². The van der Waals surface area contributed by atoms with Gasteiger partial charge in [-0.2, -0.15) is 0 Å². The number of hydrogen-bond acceptors (Lipinski definition) is 4. The van der Waals surface area contributed by atoms with Crippen LogP contribution >= 0.6 is 24.0 Å². The van der Waals surface area contributed by atoms with Crippen LogP contribution in [0.15, 0.2) is 4.99 Å². The van der Waals surface area contributed by atoms with Crippen LogP contribution in [0, 0.1) is 17.8 Å². The molecular formula is C20H37IN4O3. The van der Waals surface area contributed by atoms with E-state index in [9.17, 15) is 4.79 Å². The van der Waals surface area contributed by atoms with Gasteiger partial charge < -0.3 is 25.0 Å². The van der Waals surface area contributed by atoms with Crippen molar-refractivity contribution in [2.45, 2.75) is 44.6 Å². The summed E-state index contributed by atoms with van der Waals surface area (Å²) in [7, 11) is 3.53. The number of rotatable bonds is 9. The molecule has 2 N–H and O–H groups in total. The van der Waals surface area contributed by atoms with Crippen LogP contribution in [0.5, 0.6) is 0 Å². The molecule has 1 saturated heterocycles. The SMILES string of the molecule is CN(C)C(=O)CN=C(NCCCOCC1CCOC1)NC1CC2CCC1C2.I. The van der Waals surface area contributed by atoms with Crippen molar-refractivity contribution in [2.24, 2.45) is 22.7 Å². The van der Waals surface area contributed by atoms with Crippen molar-refractivity contribution in [3.63, 3.8) is 0 Å². The number of hydrogen-bond donors (Lipinski definition) is 2. The molecular weight excluding hydrogens is 471 g/mol. The molecule has 0 spiro atoms. The van der Waals surface area contributed by atoms with Gasteiger partial charge in [0.15, 0.2) is 5.96 Å². The van der Waals surface area contributed by atoms with Gasteiger partial charge in [-0.05, 0) is 43.9 Å². The van der Waals surface area contributed by atoms with Crippen LogP contribution in [0.25, 0.3) is 0 Å². The predicted octanol–water partition coefficient (Wildman–Crippen LogP) is 1.86. The molecule has 8 heteroatoms. The van der Waals surface area contributed by atoms with Gasteiger partial charge in [0.05, 0.1) is 13.2 Å². The number of nitrogens with zero attached hydrogens (tertiary/aromatic N) is 2. The van der Waals surface area contributed by atoms with Crippen LogP contribution in [-0.2, 0) is 14.3 Å². The van der Waals surface area contributed by atoms with E-state index in [1.54, 1.807) is 19.0 Å². The minimum absolute atomic E-state index is 0. The van der Waals surface area contributed by atoms with Gasteiger partial charge >= 0.3 is 0 Å². The number of ether oxygens (including phenoxy) is 2. The molecule has 2 saturated carbocycles. The fraction of sp³-hybridized carbons (Fsp3) is 0.900. The number of aliphatic imine (C=N–C) groups is 1. The van der Waals surface area contributed by atoms with E-state index < -0.39 is 0 Å². The van der Waals surface area contributed by atoms with E-state index in [1.165, 1.54) is 25.7 Å². The maximum absolute atomic E-state index is 11.9. The largest absolute Gasteiger partial charge is 0.381 e. The lowest BCUT2D eigenvalue weighted by Gasteiger charge is -2.25. The summed E-state index contributed by atoms with van der Waals surface area (Å²) in [5, 5.41) is 6.98. The van der Waals surface area contributed by atoms with Crippen LogP contribution in [0.1, 0.15) is 38.5 Å². The lowest BCUT2D eigenvalue weighted by molar-refractivity contribution is -0.127. The minimum Gasteiger partial charge on any atom is -0.381 e. The maximum Gasteiger partial charge on any atom is 0.243 e. The molecule has 4 atom stereocenters. The zero-order valence-corrected chi connectivity index (χ0v) is 19.7. The highest BCUT2D eigenvalue weighted by Crippen LogP contribution is 2.44. The predicted molar refractivity (Wildman–Crippen MR) is 121 cm³/mol. The van der Waals surface area contributed by atoms with E-state index in [-0.39, 0.29) is 36.4 Å². The highest BCUT2D eigenvalue weighted by molar-refractivity contribution is 14.0. The Morgan fingerprint density at radius 1 is 1.25 bits per heavy atom. The van der Waals surface area contributed by atoms with Crippen LogP contribution in [0.3, 0.4) is 0 Å². The first-order chi connectivity index (χ1) is 13.1. The molecule has 0 radical (unpaired) electrons. The molecule has 1 amide bonds. The molecule has 3 fully saturated rings. The lowest BCUT2D eigenvalue weighted by Crippen LogP contribution is -2.46. The van der Waals surface area contributed by atoms with Gasteiger partial charge in [-0.15, -0.1) is 24.0 Å². The van der Waals surface area contributed by atoms with Crippen LogP contribution < -0.4 is 10.6 Å². The average molecular weight is 508 g/mol. The normalized spacial score (nSPS) is 28.9. The first kappa shape index (κ1) is 23.7. The molecule has 2 aliphatic carbocycles. The second kappa shape index (κ2) is 12.2. The molecule has 0 aromatic rings. The van der Waals surface area contributed by atoms with Crippen molar-refractivity contribution >= 4 is 35.8 Å². The number of fused-ring (bicyclic) bond motifs is 2. The molecule has 7 nitrogen and oxygen atoms in total. The molecule has 28 heavy (non-hydrogen) atoms. The third-order valence-corrected chi connectivity index (χ3v) is 6.07. The molecule has 162 valence electrons. The summed E-state index contributed by atoms with van der Waals surface area (Å²) in [6.07, 6.45) is 7.32. The first-order valence-electron chi connectivity index (χ1n) is 10.5. The average Bonchev–Trinajstić information content (AvgIpc) is 3.40. The van der Waals surface area contributed by atoms with Crippen LogP contribution in [-0.4, -0.2) is 76.4 Å². The van der Waals surface area contributed by atoms with E-state index in [2.05, 4.69) is 15.6 Å². The number of guanidine groups is 1. The van der Waals surface area contributed by atoms with Crippen molar-refractivity contribution in [3.8, 4) is 0 Å². The van der Waals surface area contributed by atoms with Crippen molar-refractivity contribution < 1.29 is 14.3 Å². The molecule has 1 heterocycles. The number of likely N-dealkylation sites (N-methyl/N-ethyl adjacent to an activating group) is 1. The number of carbonyl (C=O) groups is 1. The minimum atomic E-state index is 0. The van der Waals surface area contributed by atoms with Crippen molar-refractivity contribution in [1.29, 1.82) is 0 Å².